The fourth-order valence-electron chi connectivity index (χ4n) is 3.67. The number of carbonyl (C=O) groups excluding carboxylic acids is 3. The van der Waals surface area contributed by atoms with E-state index < -0.39 is 41.9 Å². The van der Waals surface area contributed by atoms with Crippen molar-refractivity contribution in [2.45, 2.75) is 18.5 Å². The van der Waals surface area contributed by atoms with E-state index in [-0.39, 0.29) is 12.5 Å². The van der Waals surface area contributed by atoms with E-state index in [0.29, 0.717) is 0 Å². The monoisotopic (exact) mass is 338 g/mol. The molecule has 1 aromatic rings. The van der Waals surface area contributed by atoms with Crippen molar-refractivity contribution >= 4 is 29.1 Å². The second-order valence-corrected chi connectivity index (χ2v) is 6.66. The highest BCUT2D eigenvalue weighted by molar-refractivity contribution is 7.10. The van der Waals surface area contributed by atoms with E-state index in [0.717, 1.165) is 9.78 Å². The Labute approximate surface area is 137 Å². The average Bonchev–Trinajstić information content (AvgIpc) is 3.24. The van der Waals surface area contributed by atoms with Gasteiger partial charge in [-0.25, -0.2) is 4.79 Å². The summed E-state index contributed by atoms with van der Waals surface area (Å²) in [6.07, 6.45) is 0. The van der Waals surface area contributed by atoms with Crippen LogP contribution in [-0.4, -0.2) is 53.6 Å². The summed E-state index contributed by atoms with van der Waals surface area (Å²) in [5, 5.41) is 14.8. The number of amides is 2. The number of hydrogen-bond donors (Lipinski definition) is 2. The van der Waals surface area contributed by atoms with Crippen molar-refractivity contribution in [2.75, 3.05) is 20.3 Å². The van der Waals surface area contributed by atoms with Gasteiger partial charge in [-0.3, -0.25) is 19.8 Å². The maximum atomic E-state index is 12.7. The minimum absolute atomic E-state index is 0.241. The van der Waals surface area contributed by atoms with E-state index >= 15 is 0 Å². The molecule has 3 rings (SSSR count). The number of fused-ring (bicyclic) bond motifs is 1. The van der Waals surface area contributed by atoms with Gasteiger partial charge in [-0.1, -0.05) is 6.07 Å². The Balaban J connectivity index is 2.13. The number of methoxy groups -OCH3 is 1. The van der Waals surface area contributed by atoms with Crippen LogP contribution in [0.5, 0.6) is 0 Å². The molecule has 0 aromatic carbocycles. The normalized spacial score (nSPS) is 33.2. The number of rotatable bonds is 4. The van der Waals surface area contributed by atoms with Crippen LogP contribution in [-0.2, 0) is 19.1 Å². The van der Waals surface area contributed by atoms with Crippen LogP contribution in [0.1, 0.15) is 17.8 Å². The lowest BCUT2D eigenvalue weighted by molar-refractivity contribution is -0.156. The van der Waals surface area contributed by atoms with Crippen molar-refractivity contribution in [3.05, 3.63) is 22.4 Å². The van der Waals surface area contributed by atoms with Crippen LogP contribution in [0, 0.1) is 11.8 Å². The van der Waals surface area contributed by atoms with Gasteiger partial charge < -0.3 is 9.84 Å². The van der Waals surface area contributed by atoms with Crippen molar-refractivity contribution in [3.63, 3.8) is 0 Å². The lowest BCUT2D eigenvalue weighted by Crippen LogP contribution is -2.58. The Hall–Kier alpha value is -1.77. The Bertz CT molecular complexity index is 646. The van der Waals surface area contributed by atoms with Gasteiger partial charge in [0, 0.05) is 11.4 Å². The summed E-state index contributed by atoms with van der Waals surface area (Å²) in [5.41, 5.74) is -1.59. The van der Waals surface area contributed by atoms with Gasteiger partial charge in [0.15, 0.2) is 5.54 Å². The first-order valence-electron chi connectivity index (χ1n) is 7.37. The summed E-state index contributed by atoms with van der Waals surface area (Å²) in [4.78, 5) is 39.7. The summed E-state index contributed by atoms with van der Waals surface area (Å²) in [7, 11) is 1.20. The quantitative estimate of drug-likeness (QED) is 0.589. The zero-order valence-electron chi connectivity index (χ0n) is 12.8. The predicted octanol–water partition coefficient (Wildman–Crippen LogP) is -0.0824. The molecule has 2 fully saturated rings. The van der Waals surface area contributed by atoms with Gasteiger partial charge in [0.25, 0.3) is 0 Å². The Morgan fingerprint density at radius 2 is 2.22 bits per heavy atom. The van der Waals surface area contributed by atoms with Gasteiger partial charge >= 0.3 is 5.97 Å². The molecule has 0 bridgehead atoms. The maximum Gasteiger partial charge on any atom is 0.329 e. The molecule has 2 N–H and O–H groups in total. The Morgan fingerprint density at radius 3 is 2.74 bits per heavy atom. The molecule has 3 heterocycles. The molecule has 2 aliphatic heterocycles. The summed E-state index contributed by atoms with van der Waals surface area (Å²) in [6, 6.07) is 3.18. The standard InChI is InChI=1S/C15H18N2O5S/c1-3-17-12(19)9-10(13(17)20)15(7-18,14(21)22-2)16-11(9)8-5-4-6-23-8/h4-6,9-11,16,18H,3,7H2,1-2H3/t9-,10+,11-,15-/m1/s1. The highest BCUT2D eigenvalue weighted by atomic mass is 32.1. The molecule has 0 saturated carbocycles. The first-order chi connectivity index (χ1) is 11.0. The van der Waals surface area contributed by atoms with E-state index in [9.17, 15) is 19.5 Å². The molecule has 0 spiro atoms. The van der Waals surface area contributed by atoms with Crippen molar-refractivity contribution in [1.82, 2.24) is 10.2 Å². The largest absolute Gasteiger partial charge is 0.468 e. The first kappa shape index (κ1) is 16.1. The number of nitrogens with zero attached hydrogens (tertiary/aromatic N) is 1. The average molecular weight is 338 g/mol. The van der Waals surface area contributed by atoms with E-state index in [4.69, 9.17) is 4.74 Å². The second kappa shape index (κ2) is 5.70. The summed E-state index contributed by atoms with van der Waals surface area (Å²) >= 11 is 1.43. The SMILES string of the molecule is CCN1C(=O)[C@H]2[C@@H](c3cccs3)N[C@@](CO)(C(=O)OC)[C@@H]2C1=O. The van der Waals surface area contributed by atoms with Crippen LogP contribution in [0.25, 0.3) is 0 Å². The smallest absolute Gasteiger partial charge is 0.329 e. The third-order valence-electron chi connectivity index (χ3n) is 4.71. The predicted molar refractivity (Wildman–Crippen MR) is 81.4 cm³/mol. The molecule has 0 aliphatic carbocycles. The van der Waals surface area contributed by atoms with E-state index in [1.807, 2.05) is 17.5 Å². The molecule has 23 heavy (non-hydrogen) atoms. The van der Waals surface area contributed by atoms with Gasteiger partial charge in [-0.2, -0.15) is 0 Å². The van der Waals surface area contributed by atoms with E-state index in [1.54, 1.807) is 6.92 Å². The third kappa shape index (κ3) is 2.05. The van der Waals surface area contributed by atoms with Gasteiger partial charge in [-0.15, -0.1) is 11.3 Å². The number of hydrogen-bond acceptors (Lipinski definition) is 7. The maximum absolute atomic E-state index is 12.7. The molecule has 1 aromatic heterocycles. The second-order valence-electron chi connectivity index (χ2n) is 5.68. The van der Waals surface area contributed by atoms with Crippen molar-refractivity contribution in [2.24, 2.45) is 11.8 Å². The fourth-order valence-corrected chi connectivity index (χ4v) is 4.49. The number of carbonyl (C=O) groups is 3. The minimum atomic E-state index is -1.59. The lowest BCUT2D eigenvalue weighted by atomic mass is 9.80. The number of nitrogens with one attached hydrogen (secondary N) is 1. The molecule has 2 saturated heterocycles. The van der Waals surface area contributed by atoms with Gasteiger partial charge in [0.1, 0.15) is 0 Å². The van der Waals surface area contributed by atoms with Gasteiger partial charge in [-0.05, 0) is 18.4 Å². The number of aliphatic hydroxyl groups is 1. The van der Waals surface area contributed by atoms with Crippen molar-refractivity contribution in [1.29, 1.82) is 0 Å². The van der Waals surface area contributed by atoms with Crippen LogP contribution in [0.3, 0.4) is 0 Å². The Kier molecular flexibility index (Phi) is 3.99. The molecule has 0 unspecified atom stereocenters. The van der Waals surface area contributed by atoms with Crippen LogP contribution in [0.2, 0.25) is 0 Å². The molecule has 7 nitrogen and oxygen atoms in total. The zero-order valence-corrected chi connectivity index (χ0v) is 13.6. The van der Waals surface area contributed by atoms with Gasteiger partial charge in [0.2, 0.25) is 11.8 Å². The molecular weight excluding hydrogens is 320 g/mol. The Morgan fingerprint density at radius 1 is 1.48 bits per heavy atom. The van der Waals surface area contributed by atoms with Crippen LogP contribution in [0.15, 0.2) is 17.5 Å². The molecule has 4 atom stereocenters. The number of imide groups is 1. The highest BCUT2D eigenvalue weighted by Crippen LogP contribution is 2.49. The molecule has 0 radical (unpaired) electrons. The van der Waals surface area contributed by atoms with Crippen molar-refractivity contribution < 1.29 is 24.2 Å². The number of ether oxygens (including phenoxy) is 1. The van der Waals surface area contributed by atoms with Crippen LogP contribution < -0.4 is 5.32 Å². The summed E-state index contributed by atoms with van der Waals surface area (Å²) < 4.78 is 4.81. The highest BCUT2D eigenvalue weighted by Gasteiger charge is 2.68. The zero-order chi connectivity index (χ0) is 16.8. The molecule has 124 valence electrons. The first-order valence-corrected chi connectivity index (χ1v) is 8.25. The van der Waals surface area contributed by atoms with E-state index in [1.165, 1.54) is 18.4 Å². The van der Waals surface area contributed by atoms with Gasteiger partial charge in [0.05, 0.1) is 31.6 Å². The number of esters is 1. The number of aliphatic hydroxyl groups excluding tert-OH is 1. The van der Waals surface area contributed by atoms with Crippen LogP contribution >= 0.6 is 11.3 Å². The van der Waals surface area contributed by atoms with Crippen LogP contribution in [0.4, 0.5) is 0 Å². The fraction of sp³-hybridized carbons (Fsp3) is 0.533. The third-order valence-corrected chi connectivity index (χ3v) is 5.67. The molecule has 2 aliphatic rings. The number of likely N-dealkylation sites (tertiary alicyclic amines) is 1. The van der Waals surface area contributed by atoms with Crippen molar-refractivity contribution in [3.8, 4) is 0 Å². The molecule has 8 heteroatoms. The minimum Gasteiger partial charge on any atom is -0.468 e. The van der Waals surface area contributed by atoms with E-state index in [2.05, 4.69) is 5.32 Å². The molecule has 2 amide bonds. The summed E-state index contributed by atoms with van der Waals surface area (Å²) in [5.74, 6) is -3.15. The number of thiophene rings is 1. The lowest BCUT2D eigenvalue weighted by Gasteiger charge is -2.30. The molecular formula is C15H18N2O5S. The summed E-state index contributed by atoms with van der Waals surface area (Å²) in [6.45, 7) is 1.34. The topological polar surface area (TPSA) is 95.9 Å².